The molecule has 8 nitrogen and oxygen atoms in total. The summed E-state index contributed by atoms with van der Waals surface area (Å²) >= 11 is 0. The second-order valence-electron chi connectivity index (χ2n) is 7.45. The zero-order valence-corrected chi connectivity index (χ0v) is 17.2. The summed E-state index contributed by atoms with van der Waals surface area (Å²) in [7, 11) is 0. The summed E-state index contributed by atoms with van der Waals surface area (Å²) in [5.74, 6) is -2.43. The fourth-order valence-electron chi connectivity index (χ4n) is 3.80. The fraction of sp³-hybridized carbons (Fsp3) is 0.125. The summed E-state index contributed by atoms with van der Waals surface area (Å²) in [4.78, 5) is 41.6. The van der Waals surface area contributed by atoms with E-state index in [0.29, 0.717) is 12.0 Å². The highest BCUT2D eigenvalue weighted by Crippen LogP contribution is 2.39. The molecule has 2 aromatic carbocycles. The lowest BCUT2D eigenvalue weighted by Crippen LogP contribution is -2.31. The van der Waals surface area contributed by atoms with Gasteiger partial charge in [0.1, 0.15) is 11.6 Å². The number of nitro benzene ring substituents is 1. The number of benzene rings is 2. The fourth-order valence-corrected chi connectivity index (χ4v) is 3.80. The number of ketones is 1. The summed E-state index contributed by atoms with van der Waals surface area (Å²) in [6, 6.07) is 13.3. The van der Waals surface area contributed by atoms with Gasteiger partial charge >= 0.3 is 0 Å². The summed E-state index contributed by atoms with van der Waals surface area (Å²) in [6.07, 6.45) is 3.40. The van der Waals surface area contributed by atoms with Crippen LogP contribution in [0, 0.1) is 15.9 Å². The Morgan fingerprint density at radius 3 is 2.27 bits per heavy atom. The minimum absolute atomic E-state index is 0.112. The highest BCUT2D eigenvalue weighted by Gasteiger charge is 2.45. The van der Waals surface area contributed by atoms with Crippen molar-refractivity contribution in [2.45, 2.75) is 12.5 Å². The van der Waals surface area contributed by atoms with Crippen molar-refractivity contribution in [1.29, 1.82) is 0 Å². The molecule has 1 aromatic heterocycles. The maximum atomic E-state index is 13.2. The van der Waals surface area contributed by atoms with Gasteiger partial charge in [-0.05, 0) is 53.9 Å². The smallest absolute Gasteiger partial charge is 0.295 e. The number of carbonyl (C=O) groups is 2. The van der Waals surface area contributed by atoms with Crippen molar-refractivity contribution < 1.29 is 24.0 Å². The van der Waals surface area contributed by atoms with Crippen LogP contribution >= 0.6 is 0 Å². The van der Waals surface area contributed by atoms with Crippen LogP contribution in [0.1, 0.15) is 22.7 Å². The molecule has 1 unspecified atom stereocenters. The first-order chi connectivity index (χ1) is 15.9. The molecule has 166 valence electrons. The molecule has 0 bridgehead atoms. The molecule has 9 heteroatoms. The van der Waals surface area contributed by atoms with Gasteiger partial charge < -0.3 is 10.0 Å². The molecule has 0 radical (unpaired) electrons. The van der Waals surface area contributed by atoms with Crippen LogP contribution in [0.15, 0.2) is 78.6 Å². The number of halogens is 1. The van der Waals surface area contributed by atoms with Gasteiger partial charge in [-0.15, -0.1) is 0 Å². The molecule has 1 fully saturated rings. The van der Waals surface area contributed by atoms with E-state index in [-0.39, 0.29) is 29.2 Å². The molecule has 1 atom stereocenters. The number of pyridine rings is 1. The molecule has 33 heavy (non-hydrogen) atoms. The molecular formula is C24H18FN3O5. The molecule has 0 aliphatic carbocycles. The third-order valence-electron chi connectivity index (χ3n) is 5.47. The number of nitrogens with zero attached hydrogens (tertiary/aromatic N) is 3. The van der Waals surface area contributed by atoms with E-state index in [1.165, 1.54) is 53.7 Å². The SMILES string of the molecule is O=C1C(=O)N(CCc2ccc(F)cc2)C(c2ccncc2)/C1=C(/O)c1ccc([N+](=O)[O-])cc1. The minimum atomic E-state index is -0.872. The van der Waals surface area contributed by atoms with E-state index in [9.17, 15) is 29.2 Å². The van der Waals surface area contributed by atoms with Gasteiger partial charge in [0, 0.05) is 36.6 Å². The normalized spacial score (nSPS) is 17.4. The zero-order valence-electron chi connectivity index (χ0n) is 17.2. The minimum Gasteiger partial charge on any atom is -0.507 e. The Labute approximate surface area is 187 Å². The van der Waals surface area contributed by atoms with E-state index in [4.69, 9.17) is 0 Å². The van der Waals surface area contributed by atoms with Crippen molar-refractivity contribution in [3.63, 3.8) is 0 Å². The van der Waals surface area contributed by atoms with E-state index < -0.39 is 28.4 Å². The van der Waals surface area contributed by atoms with E-state index in [2.05, 4.69) is 4.98 Å². The molecule has 1 N–H and O–H groups in total. The number of hydrogen-bond acceptors (Lipinski definition) is 6. The molecule has 2 heterocycles. The largest absolute Gasteiger partial charge is 0.507 e. The van der Waals surface area contributed by atoms with Crippen LogP contribution in [0.5, 0.6) is 0 Å². The number of rotatable bonds is 6. The van der Waals surface area contributed by atoms with E-state index >= 15 is 0 Å². The average molecular weight is 447 g/mol. The Bertz CT molecular complexity index is 1240. The Hall–Kier alpha value is -4.40. The molecule has 1 amide bonds. The monoisotopic (exact) mass is 447 g/mol. The molecule has 1 aliphatic rings. The van der Waals surface area contributed by atoms with Crippen molar-refractivity contribution in [3.05, 3.63) is 111 Å². The number of aliphatic hydroxyl groups excluding tert-OH is 1. The van der Waals surface area contributed by atoms with Crippen LogP contribution in [0.4, 0.5) is 10.1 Å². The number of aliphatic hydroxyl groups is 1. The number of likely N-dealkylation sites (tertiary alicyclic amines) is 1. The maximum absolute atomic E-state index is 13.2. The first kappa shape index (κ1) is 21.8. The summed E-state index contributed by atoms with van der Waals surface area (Å²) in [5.41, 5.74) is 1.25. The topological polar surface area (TPSA) is 114 Å². The second kappa shape index (κ2) is 8.99. The van der Waals surface area contributed by atoms with Crippen molar-refractivity contribution >= 4 is 23.1 Å². The number of aromatic nitrogens is 1. The molecule has 0 spiro atoms. The Balaban J connectivity index is 1.74. The van der Waals surface area contributed by atoms with Crippen molar-refractivity contribution in [1.82, 2.24) is 9.88 Å². The zero-order chi connectivity index (χ0) is 23.5. The third-order valence-corrected chi connectivity index (χ3v) is 5.47. The van der Waals surface area contributed by atoms with Gasteiger partial charge in [0.2, 0.25) is 0 Å². The van der Waals surface area contributed by atoms with Gasteiger partial charge in [-0.2, -0.15) is 0 Å². The number of nitro groups is 1. The average Bonchev–Trinajstić information content (AvgIpc) is 3.08. The molecule has 0 saturated carbocycles. The van der Waals surface area contributed by atoms with Crippen molar-refractivity contribution in [2.24, 2.45) is 0 Å². The highest BCUT2D eigenvalue weighted by atomic mass is 19.1. The molecule has 4 rings (SSSR count). The summed E-state index contributed by atoms with van der Waals surface area (Å²) in [6.45, 7) is 0.153. The van der Waals surface area contributed by atoms with E-state index in [0.717, 1.165) is 5.56 Å². The van der Waals surface area contributed by atoms with E-state index in [1.807, 2.05) is 0 Å². The number of amides is 1. The molecule has 1 saturated heterocycles. The molecule has 3 aromatic rings. The van der Waals surface area contributed by atoms with Gasteiger partial charge in [-0.1, -0.05) is 12.1 Å². The van der Waals surface area contributed by atoms with Gasteiger partial charge in [0.05, 0.1) is 16.5 Å². The lowest BCUT2D eigenvalue weighted by molar-refractivity contribution is -0.384. The maximum Gasteiger partial charge on any atom is 0.295 e. The summed E-state index contributed by atoms with van der Waals surface area (Å²) < 4.78 is 13.2. The number of carbonyl (C=O) groups excluding carboxylic acids is 2. The van der Waals surface area contributed by atoms with Gasteiger partial charge in [0.15, 0.2) is 0 Å². The predicted octanol–water partition coefficient (Wildman–Crippen LogP) is 3.79. The van der Waals surface area contributed by atoms with Gasteiger partial charge in [-0.3, -0.25) is 24.7 Å². The number of non-ortho nitro benzene ring substituents is 1. The molecule has 1 aliphatic heterocycles. The first-order valence-corrected chi connectivity index (χ1v) is 10.0. The predicted molar refractivity (Wildman–Crippen MR) is 116 cm³/mol. The Morgan fingerprint density at radius 2 is 1.67 bits per heavy atom. The number of Topliss-reactive ketones (excluding diaryl/α,β-unsaturated/α-hetero) is 1. The first-order valence-electron chi connectivity index (χ1n) is 10.0. The van der Waals surface area contributed by atoms with Crippen molar-refractivity contribution in [3.8, 4) is 0 Å². The lowest BCUT2D eigenvalue weighted by atomic mass is 9.95. The van der Waals surface area contributed by atoms with Gasteiger partial charge in [-0.25, -0.2) is 4.39 Å². The lowest BCUT2D eigenvalue weighted by Gasteiger charge is -2.25. The second-order valence-corrected chi connectivity index (χ2v) is 7.45. The third kappa shape index (κ3) is 4.33. The quantitative estimate of drug-likeness (QED) is 0.202. The number of hydrogen-bond donors (Lipinski definition) is 1. The van der Waals surface area contributed by atoms with Crippen LogP contribution in [0.25, 0.3) is 5.76 Å². The van der Waals surface area contributed by atoms with Crippen LogP contribution in [0.2, 0.25) is 0 Å². The Morgan fingerprint density at radius 1 is 1.03 bits per heavy atom. The van der Waals surface area contributed by atoms with E-state index in [1.54, 1.807) is 24.3 Å². The van der Waals surface area contributed by atoms with Crippen molar-refractivity contribution in [2.75, 3.05) is 6.54 Å². The van der Waals surface area contributed by atoms with Crippen LogP contribution in [0.3, 0.4) is 0 Å². The molecular weight excluding hydrogens is 429 g/mol. The standard InChI is InChI=1S/C24H18FN3O5/c25-18-5-1-15(2-6-18)11-14-27-21(16-9-12-26-13-10-16)20(23(30)24(27)31)22(29)17-3-7-19(8-4-17)28(32)33/h1-10,12-13,21,29H,11,14H2/b22-20-. The Kier molecular flexibility index (Phi) is 5.95. The van der Waals surface area contributed by atoms with Crippen LogP contribution in [-0.4, -0.2) is 38.1 Å². The summed E-state index contributed by atoms with van der Waals surface area (Å²) in [5, 5.41) is 21.9. The highest BCUT2D eigenvalue weighted by molar-refractivity contribution is 6.46. The van der Waals surface area contributed by atoms with Crippen LogP contribution < -0.4 is 0 Å². The van der Waals surface area contributed by atoms with Crippen LogP contribution in [-0.2, 0) is 16.0 Å². The van der Waals surface area contributed by atoms with Gasteiger partial charge in [0.25, 0.3) is 17.4 Å².